The monoisotopic (exact) mass is 296 g/mol. The van der Waals surface area contributed by atoms with E-state index in [-0.39, 0.29) is 12.8 Å². The second-order valence-corrected chi connectivity index (χ2v) is 4.33. The molecule has 114 valence electrons. The normalized spacial score (nSPS) is 12.5. The van der Waals surface area contributed by atoms with Crippen LogP contribution in [-0.2, 0) is 19.1 Å². The lowest BCUT2D eigenvalue weighted by Crippen LogP contribution is -2.46. The minimum atomic E-state index is -1.92. The van der Waals surface area contributed by atoms with Gasteiger partial charge in [0.05, 0.1) is 6.10 Å². The Morgan fingerprint density at radius 3 is 2.57 bits per heavy atom. The molecule has 9 nitrogen and oxygen atoms in total. The van der Waals surface area contributed by atoms with Crippen LogP contribution in [0.25, 0.3) is 5.53 Å². The fourth-order valence-electron chi connectivity index (χ4n) is 1.29. The first-order valence-corrected chi connectivity index (χ1v) is 6.10. The standard InChI is InChI=1S/C12H16N4O5/c1-7(2)21-12(20)9(4-3-8(17)6-15-14)16-11(19)10(18)5-13/h6-7,9-10,18H,3-4H2,1-2H3,(H,16,19)/t9-,10+/m0/s1. The first-order valence-electron chi connectivity index (χ1n) is 6.10. The Hall–Kier alpha value is -2.56. The third-order valence-electron chi connectivity index (χ3n) is 2.20. The average molecular weight is 296 g/mol. The Morgan fingerprint density at radius 1 is 1.48 bits per heavy atom. The molecule has 0 saturated carbocycles. The molecule has 0 saturated heterocycles. The van der Waals surface area contributed by atoms with Gasteiger partial charge in [-0.25, -0.2) is 4.79 Å². The third kappa shape index (κ3) is 7.57. The van der Waals surface area contributed by atoms with Gasteiger partial charge >= 0.3 is 12.2 Å². The summed E-state index contributed by atoms with van der Waals surface area (Å²) in [6.45, 7) is 3.20. The smallest absolute Gasteiger partial charge is 0.328 e. The van der Waals surface area contributed by atoms with Gasteiger partial charge in [-0.15, -0.1) is 0 Å². The zero-order valence-corrected chi connectivity index (χ0v) is 11.6. The molecule has 0 heterocycles. The van der Waals surface area contributed by atoms with Gasteiger partial charge in [-0.2, -0.15) is 10.1 Å². The maximum absolute atomic E-state index is 11.8. The average Bonchev–Trinajstić information content (AvgIpc) is 2.41. The molecule has 0 unspecified atom stereocenters. The van der Waals surface area contributed by atoms with Gasteiger partial charge in [-0.1, -0.05) is 0 Å². The Balaban J connectivity index is 4.80. The maximum atomic E-state index is 11.8. The van der Waals surface area contributed by atoms with Crippen LogP contribution in [0.1, 0.15) is 26.7 Å². The van der Waals surface area contributed by atoms with Crippen LogP contribution in [0.15, 0.2) is 0 Å². The first kappa shape index (κ1) is 18.4. The highest BCUT2D eigenvalue weighted by atomic mass is 16.5. The number of ether oxygens (including phenoxy) is 1. The van der Waals surface area contributed by atoms with Gasteiger partial charge in [-0.3, -0.25) is 9.59 Å². The summed E-state index contributed by atoms with van der Waals surface area (Å²) in [5.74, 6) is -2.42. The fourth-order valence-corrected chi connectivity index (χ4v) is 1.29. The molecule has 0 bridgehead atoms. The molecule has 0 aromatic rings. The molecule has 0 radical (unpaired) electrons. The number of ketones is 1. The van der Waals surface area contributed by atoms with Crippen molar-refractivity contribution in [1.29, 1.82) is 5.26 Å². The summed E-state index contributed by atoms with van der Waals surface area (Å²) in [5, 5.41) is 19.6. The largest absolute Gasteiger partial charge is 0.461 e. The van der Waals surface area contributed by atoms with Crippen LogP contribution in [0, 0.1) is 11.3 Å². The van der Waals surface area contributed by atoms with Gasteiger partial charge in [-0.05, 0) is 20.3 Å². The quantitative estimate of drug-likeness (QED) is 0.192. The molecular formula is C12H16N4O5. The highest BCUT2D eigenvalue weighted by Crippen LogP contribution is 2.03. The van der Waals surface area contributed by atoms with Crippen molar-refractivity contribution in [3.05, 3.63) is 5.53 Å². The number of carbonyl (C=O) groups is 3. The number of amides is 1. The van der Waals surface area contributed by atoms with Crippen molar-refractivity contribution in [3.63, 3.8) is 0 Å². The van der Waals surface area contributed by atoms with E-state index < -0.39 is 35.9 Å². The van der Waals surface area contributed by atoms with Crippen molar-refractivity contribution in [1.82, 2.24) is 5.32 Å². The van der Waals surface area contributed by atoms with Crippen LogP contribution in [0.4, 0.5) is 0 Å². The van der Waals surface area contributed by atoms with Gasteiger partial charge in [0.25, 0.3) is 5.91 Å². The molecule has 2 atom stereocenters. The number of nitriles is 1. The van der Waals surface area contributed by atoms with Crippen LogP contribution in [-0.4, -0.2) is 52.0 Å². The minimum absolute atomic E-state index is 0.125. The van der Waals surface area contributed by atoms with E-state index in [1.807, 2.05) is 0 Å². The van der Waals surface area contributed by atoms with Crippen LogP contribution in [0.2, 0.25) is 0 Å². The number of Topliss-reactive ketones (excluding diaryl/α,β-unsaturated/α-hetero) is 1. The maximum Gasteiger partial charge on any atom is 0.328 e. The Labute approximate surface area is 121 Å². The molecule has 9 heteroatoms. The summed E-state index contributed by atoms with van der Waals surface area (Å²) in [6, 6.07) is 0.110. The van der Waals surface area contributed by atoms with Crippen molar-refractivity contribution >= 4 is 23.9 Å². The molecule has 0 aliphatic rings. The van der Waals surface area contributed by atoms with Gasteiger partial charge in [0, 0.05) is 6.42 Å². The molecular weight excluding hydrogens is 280 g/mol. The molecule has 0 spiro atoms. The summed E-state index contributed by atoms with van der Waals surface area (Å²) in [6.07, 6.45) is -2.01. The molecule has 0 fully saturated rings. The lowest BCUT2D eigenvalue weighted by atomic mass is 10.1. The van der Waals surface area contributed by atoms with Crippen molar-refractivity contribution < 1.29 is 29.0 Å². The summed E-state index contributed by atoms with van der Waals surface area (Å²) >= 11 is 0. The summed E-state index contributed by atoms with van der Waals surface area (Å²) < 4.78 is 4.91. The molecule has 2 N–H and O–H groups in total. The van der Waals surface area contributed by atoms with Crippen LogP contribution >= 0.6 is 0 Å². The number of rotatable bonds is 8. The summed E-state index contributed by atoms with van der Waals surface area (Å²) in [4.78, 5) is 36.9. The molecule has 21 heavy (non-hydrogen) atoms. The molecule has 0 aliphatic carbocycles. The summed E-state index contributed by atoms with van der Waals surface area (Å²) in [5.41, 5.74) is 8.20. The third-order valence-corrected chi connectivity index (χ3v) is 2.20. The SMILES string of the molecule is CC(C)OC(=O)[C@H](CCC(=O)C=[N+]=[N-])NC(=O)[C@H](O)C#N. The predicted molar refractivity (Wildman–Crippen MR) is 68.7 cm³/mol. The van der Waals surface area contributed by atoms with Crippen LogP contribution in [0.5, 0.6) is 0 Å². The van der Waals surface area contributed by atoms with E-state index in [0.29, 0.717) is 6.21 Å². The van der Waals surface area contributed by atoms with E-state index in [9.17, 15) is 14.4 Å². The zero-order valence-electron chi connectivity index (χ0n) is 11.6. The lowest BCUT2D eigenvalue weighted by molar-refractivity contribution is -0.152. The van der Waals surface area contributed by atoms with Crippen molar-refractivity contribution in [2.45, 2.75) is 44.9 Å². The first-order chi connectivity index (χ1) is 9.81. The van der Waals surface area contributed by atoms with E-state index in [2.05, 4.69) is 10.1 Å². The zero-order chi connectivity index (χ0) is 16.4. The minimum Gasteiger partial charge on any atom is -0.461 e. The molecule has 0 rings (SSSR count). The molecule has 0 aromatic carbocycles. The highest BCUT2D eigenvalue weighted by molar-refractivity contribution is 6.25. The topological polar surface area (TPSA) is 153 Å². The lowest BCUT2D eigenvalue weighted by Gasteiger charge is -2.18. The van der Waals surface area contributed by atoms with E-state index >= 15 is 0 Å². The number of aliphatic hydroxyl groups excluding tert-OH is 1. The van der Waals surface area contributed by atoms with Gasteiger partial charge < -0.3 is 20.7 Å². The Kier molecular flexibility index (Phi) is 8.22. The van der Waals surface area contributed by atoms with Crippen molar-refractivity contribution in [3.8, 4) is 6.07 Å². The van der Waals surface area contributed by atoms with E-state index in [1.165, 1.54) is 6.07 Å². The molecule has 0 aliphatic heterocycles. The molecule has 0 aromatic heterocycles. The highest BCUT2D eigenvalue weighted by Gasteiger charge is 2.26. The second kappa shape index (κ2) is 9.36. The number of nitrogens with one attached hydrogen (secondary N) is 1. The van der Waals surface area contributed by atoms with Gasteiger partial charge in [0.2, 0.25) is 11.9 Å². The van der Waals surface area contributed by atoms with E-state index in [1.54, 1.807) is 13.8 Å². The number of nitrogens with zero attached hydrogens (tertiary/aromatic N) is 3. The van der Waals surface area contributed by atoms with E-state index in [4.69, 9.17) is 20.6 Å². The number of hydrogen-bond acceptors (Lipinski definition) is 6. The number of hydrogen-bond donors (Lipinski definition) is 2. The fraction of sp³-hybridized carbons (Fsp3) is 0.583. The van der Waals surface area contributed by atoms with Crippen LogP contribution in [0.3, 0.4) is 0 Å². The second-order valence-electron chi connectivity index (χ2n) is 4.33. The van der Waals surface area contributed by atoms with Crippen LogP contribution < -0.4 is 5.32 Å². The number of aliphatic hydroxyl groups is 1. The summed E-state index contributed by atoms with van der Waals surface area (Å²) in [7, 11) is 0. The number of carbonyl (C=O) groups excluding carboxylic acids is 3. The van der Waals surface area contributed by atoms with Crippen molar-refractivity contribution in [2.75, 3.05) is 0 Å². The van der Waals surface area contributed by atoms with Gasteiger partial charge in [0.1, 0.15) is 12.1 Å². The Bertz CT molecular complexity index is 490. The number of esters is 1. The van der Waals surface area contributed by atoms with Gasteiger partial charge in [0.15, 0.2) is 0 Å². The Morgan fingerprint density at radius 2 is 2.10 bits per heavy atom. The molecule has 1 amide bonds. The van der Waals surface area contributed by atoms with E-state index in [0.717, 1.165) is 0 Å². The predicted octanol–water partition coefficient (Wildman–Crippen LogP) is -1.04. The van der Waals surface area contributed by atoms with Crippen molar-refractivity contribution in [2.24, 2.45) is 0 Å².